The summed E-state index contributed by atoms with van der Waals surface area (Å²) in [6, 6.07) is 15.5. The van der Waals surface area contributed by atoms with Crippen molar-refractivity contribution in [3.8, 4) is 0 Å². The number of hydrogen-bond acceptors (Lipinski definition) is 4. The smallest absolute Gasteiger partial charge is 0.349 e. The molecule has 6 heteroatoms. The van der Waals surface area contributed by atoms with Crippen LogP contribution in [-0.4, -0.2) is 48.9 Å². The van der Waals surface area contributed by atoms with Gasteiger partial charge in [-0.2, -0.15) is 0 Å². The number of piperidine rings is 1. The molecule has 0 radical (unpaired) electrons. The van der Waals surface area contributed by atoms with E-state index < -0.39 is 5.63 Å². The summed E-state index contributed by atoms with van der Waals surface area (Å²) in [5, 5.41) is 0.744. The minimum Gasteiger partial charge on any atom is -0.422 e. The first-order chi connectivity index (χ1) is 15.0. The molecule has 0 spiro atoms. The average Bonchev–Trinajstić information content (AvgIpc) is 2.78. The second-order valence-corrected chi connectivity index (χ2v) is 8.33. The summed E-state index contributed by atoms with van der Waals surface area (Å²) in [6.07, 6.45) is 2.92. The molecule has 0 atom stereocenters. The van der Waals surface area contributed by atoms with E-state index in [1.165, 1.54) is 12.1 Å². The summed E-state index contributed by atoms with van der Waals surface area (Å²) in [6.45, 7) is 3.53. The Labute approximate surface area is 181 Å². The second kappa shape index (κ2) is 9.43. The fraction of sp³-hybridized carbons (Fsp3) is 0.360. The minimum atomic E-state index is -0.592. The molecule has 0 saturated carbocycles. The van der Waals surface area contributed by atoms with Gasteiger partial charge < -0.3 is 14.2 Å². The zero-order chi connectivity index (χ0) is 21.8. The van der Waals surface area contributed by atoms with E-state index in [-0.39, 0.29) is 17.3 Å². The standard InChI is InChI=1S/C25H27FN2O3/c1-27(24(29)22-16-20-4-2-3-5-23(20)31-25(22)30)17-19-11-14-28(15-12-19)13-10-18-6-8-21(26)9-7-18/h2-9,16,19H,10-15,17H2,1H3. The largest absolute Gasteiger partial charge is 0.422 e. The van der Waals surface area contributed by atoms with E-state index in [1.807, 2.05) is 24.3 Å². The number of nitrogens with zero attached hydrogens (tertiary/aromatic N) is 2. The summed E-state index contributed by atoms with van der Waals surface area (Å²) in [7, 11) is 1.75. The zero-order valence-corrected chi connectivity index (χ0v) is 17.7. The lowest BCUT2D eigenvalue weighted by atomic mass is 9.95. The van der Waals surface area contributed by atoms with Gasteiger partial charge in [0.1, 0.15) is 17.0 Å². The molecule has 0 aliphatic carbocycles. The van der Waals surface area contributed by atoms with Crippen LogP contribution in [-0.2, 0) is 6.42 Å². The lowest BCUT2D eigenvalue weighted by Crippen LogP contribution is -2.40. The molecule has 0 bridgehead atoms. The Bertz CT molecular complexity index is 1100. The predicted octanol–water partition coefficient (Wildman–Crippen LogP) is 3.96. The maximum atomic E-state index is 13.0. The molecule has 2 heterocycles. The maximum absolute atomic E-state index is 13.0. The van der Waals surface area contributed by atoms with Gasteiger partial charge in [-0.1, -0.05) is 30.3 Å². The molecule has 3 aromatic rings. The minimum absolute atomic E-state index is 0.0814. The van der Waals surface area contributed by atoms with Crippen LogP contribution in [0.15, 0.2) is 63.8 Å². The zero-order valence-electron chi connectivity index (χ0n) is 17.7. The highest BCUT2D eigenvalue weighted by Crippen LogP contribution is 2.20. The molecule has 1 saturated heterocycles. The number of para-hydroxylation sites is 1. The third-order valence-corrected chi connectivity index (χ3v) is 6.09. The van der Waals surface area contributed by atoms with Crippen molar-refractivity contribution in [2.24, 2.45) is 5.92 Å². The highest BCUT2D eigenvalue weighted by atomic mass is 19.1. The van der Waals surface area contributed by atoms with Crippen LogP contribution in [0.1, 0.15) is 28.8 Å². The van der Waals surface area contributed by atoms with Crippen molar-refractivity contribution in [2.45, 2.75) is 19.3 Å². The highest BCUT2D eigenvalue weighted by molar-refractivity contribution is 5.96. The third-order valence-electron chi connectivity index (χ3n) is 6.09. The van der Waals surface area contributed by atoms with Crippen molar-refractivity contribution in [3.05, 3.63) is 82.0 Å². The number of carbonyl (C=O) groups excluding carboxylic acids is 1. The Balaban J connectivity index is 1.29. The fourth-order valence-corrected chi connectivity index (χ4v) is 4.22. The molecule has 162 valence electrons. The maximum Gasteiger partial charge on any atom is 0.349 e. The topological polar surface area (TPSA) is 53.8 Å². The van der Waals surface area contributed by atoms with Crippen molar-refractivity contribution in [1.29, 1.82) is 0 Å². The average molecular weight is 423 g/mol. The van der Waals surface area contributed by atoms with Crippen LogP contribution >= 0.6 is 0 Å². The van der Waals surface area contributed by atoms with Crippen LogP contribution in [0.2, 0.25) is 0 Å². The number of benzene rings is 2. The van der Waals surface area contributed by atoms with Gasteiger partial charge in [0.25, 0.3) is 5.91 Å². The van der Waals surface area contributed by atoms with Crippen molar-refractivity contribution >= 4 is 16.9 Å². The molecule has 1 aliphatic rings. The van der Waals surface area contributed by atoms with Gasteiger partial charge in [0.15, 0.2) is 0 Å². The van der Waals surface area contributed by atoms with Gasteiger partial charge in [0, 0.05) is 25.5 Å². The molecule has 5 nitrogen and oxygen atoms in total. The third kappa shape index (κ3) is 5.20. The molecule has 4 rings (SSSR count). The van der Waals surface area contributed by atoms with Gasteiger partial charge in [-0.3, -0.25) is 4.79 Å². The number of halogens is 1. The molecule has 0 N–H and O–H groups in total. The predicted molar refractivity (Wildman–Crippen MR) is 119 cm³/mol. The Hall–Kier alpha value is -2.99. The van der Waals surface area contributed by atoms with Crippen LogP contribution in [0, 0.1) is 11.7 Å². The molecule has 2 aromatic carbocycles. The Morgan fingerprint density at radius 2 is 1.84 bits per heavy atom. The molecule has 0 unspecified atom stereocenters. The first-order valence-electron chi connectivity index (χ1n) is 10.7. The van der Waals surface area contributed by atoms with Gasteiger partial charge in [-0.15, -0.1) is 0 Å². The van der Waals surface area contributed by atoms with Gasteiger partial charge in [-0.05, 0) is 68.1 Å². The van der Waals surface area contributed by atoms with Crippen molar-refractivity contribution in [3.63, 3.8) is 0 Å². The normalized spacial score (nSPS) is 15.3. The summed E-state index contributed by atoms with van der Waals surface area (Å²) in [5.74, 6) is -0.0912. The lowest BCUT2D eigenvalue weighted by Gasteiger charge is -2.33. The first kappa shape index (κ1) is 21.2. The summed E-state index contributed by atoms with van der Waals surface area (Å²) >= 11 is 0. The van der Waals surface area contributed by atoms with E-state index in [2.05, 4.69) is 4.90 Å². The van der Waals surface area contributed by atoms with Gasteiger partial charge >= 0.3 is 5.63 Å². The lowest BCUT2D eigenvalue weighted by molar-refractivity contribution is 0.0736. The molecular formula is C25H27FN2O3. The monoisotopic (exact) mass is 422 g/mol. The van der Waals surface area contributed by atoms with Crippen molar-refractivity contribution in [2.75, 3.05) is 33.2 Å². The Morgan fingerprint density at radius 1 is 1.13 bits per heavy atom. The SMILES string of the molecule is CN(CC1CCN(CCc2ccc(F)cc2)CC1)C(=O)c1cc2ccccc2oc1=O. The van der Waals surface area contributed by atoms with E-state index in [0.29, 0.717) is 18.0 Å². The molecule has 1 aromatic heterocycles. The van der Waals surface area contributed by atoms with Crippen molar-refractivity contribution in [1.82, 2.24) is 9.80 Å². The van der Waals surface area contributed by atoms with E-state index in [4.69, 9.17) is 4.42 Å². The van der Waals surface area contributed by atoms with Gasteiger partial charge in [-0.25, -0.2) is 9.18 Å². The van der Waals surface area contributed by atoms with Gasteiger partial charge in [0.05, 0.1) is 0 Å². The van der Waals surface area contributed by atoms with E-state index in [9.17, 15) is 14.0 Å². The van der Waals surface area contributed by atoms with E-state index in [1.54, 1.807) is 30.1 Å². The summed E-state index contributed by atoms with van der Waals surface area (Å²) in [4.78, 5) is 29.2. The Morgan fingerprint density at radius 3 is 2.58 bits per heavy atom. The summed E-state index contributed by atoms with van der Waals surface area (Å²) < 4.78 is 18.3. The number of hydrogen-bond donors (Lipinski definition) is 0. The van der Waals surface area contributed by atoms with Crippen LogP contribution in [0.5, 0.6) is 0 Å². The molecule has 1 amide bonds. The first-order valence-corrected chi connectivity index (χ1v) is 10.7. The molecular weight excluding hydrogens is 395 g/mol. The number of likely N-dealkylation sites (tertiary alicyclic amines) is 1. The van der Waals surface area contributed by atoms with Crippen LogP contribution in [0.4, 0.5) is 4.39 Å². The Kier molecular flexibility index (Phi) is 6.47. The van der Waals surface area contributed by atoms with Crippen molar-refractivity contribution < 1.29 is 13.6 Å². The number of fused-ring (bicyclic) bond motifs is 1. The number of rotatable bonds is 6. The quantitative estimate of drug-likeness (QED) is 0.565. The number of amides is 1. The van der Waals surface area contributed by atoms with E-state index in [0.717, 1.165) is 49.8 Å². The van der Waals surface area contributed by atoms with E-state index >= 15 is 0 Å². The van der Waals surface area contributed by atoms with Crippen LogP contribution in [0.25, 0.3) is 11.0 Å². The number of carbonyl (C=O) groups is 1. The molecule has 1 fully saturated rings. The molecule has 1 aliphatic heterocycles. The second-order valence-electron chi connectivity index (χ2n) is 8.33. The highest BCUT2D eigenvalue weighted by Gasteiger charge is 2.24. The molecule has 31 heavy (non-hydrogen) atoms. The van der Waals surface area contributed by atoms with Gasteiger partial charge in [0.2, 0.25) is 0 Å². The van der Waals surface area contributed by atoms with Crippen LogP contribution in [0.3, 0.4) is 0 Å². The fourth-order valence-electron chi connectivity index (χ4n) is 4.22. The summed E-state index contributed by atoms with van der Waals surface area (Å²) in [5.41, 5.74) is 1.12. The van der Waals surface area contributed by atoms with Crippen LogP contribution < -0.4 is 5.63 Å².